The van der Waals surface area contributed by atoms with Crippen molar-refractivity contribution >= 4 is 28.8 Å². The fraction of sp³-hybridized carbons (Fsp3) is 0.545. The van der Waals surface area contributed by atoms with E-state index in [-0.39, 0.29) is 11.9 Å². The van der Waals surface area contributed by atoms with Gasteiger partial charge in [0.15, 0.2) is 0 Å². The van der Waals surface area contributed by atoms with E-state index in [1.807, 2.05) is 24.0 Å². The number of halogens is 1. The maximum atomic E-state index is 11.8. The predicted molar refractivity (Wildman–Crippen MR) is 66.6 cm³/mol. The zero-order valence-corrected chi connectivity index (χ0v) is 10.7. The van der Waals surface area contributed by atoms with Gasteiger partial charge >= 0.3 is 0 Å². The molecule has 1 aromatic heterocycles. The minimum atomic E-state index is 0.113. The molecule has 2 atom stereocenters. The summed E-state index contributed by atoms with van der Waals surface area (Å²) in [5.41, 5.74) is 5.60. The van der Waals surface area contributed by atoms with Crippen molar-refractivity contribution in [2.24, 2.45) is 11.7 Å². The summed E-state index contributed by atoms with van der Waals surface area (Å²) in [7, 11) is 0. The van der Waals surface area contributed by atoms with Crippen molar-refractivity contribution in [3.8, 4) is 0 Å². The van der Waals surface area contributed by atoms with Gasteiger partial charge in [-0.05, 0) is 31.5 Å². The monoisotopic (exact) mass is 258 g/mol. The molecular weight excluding hydrogens is 244 g/mol. The minimum Gasteiger partial charge on any atom is -0.335 e. The summed E-state index contributed by atoms with van der Waals surface area (Å²) in [4.78, 5) is 14.8. The van der Waals surface area contributed by atoms with Crippen LogP contribution in [0.2, 0.25) is 4.34 Å². The molecular formula is C11H15ClN2OS. The van der Waals surface area contributed by atoms with Gasteiger partial charge in [0.05, 0.1) is 10.4 Å². The molecule has 1 aliphatic rings. The Labute approximate surface area is 104 Å². The smallest absolute Gasteiger partial charge is 0.223 e. The van der Waals surface area contributed by atoms with Crippen molar-refractivity contribution in [1.82, 2.24) is 4.90 Å². The zero-order valence-electron chi connectivity index (χ0n) is 9.15. The molecule has 16 heavy (non-hydrogen) atoms. The molecule has 0 bridgehead atoms. The summed E-state index contributed by atoms with van der Waals surface area (Å²) in [6.45, 7) is 3.39. The van der Waals surface area contributed by atoms with Crippen LogP contribution in [0.4, 0.5) is 0 Å². The van der Waals surface area contributed by atoms with Crippen LogP contribution in [-0.4, -0.2) is 23.9 Å². The van der Waals surface area contributed by atoms with Gasteiger partial charge < -0.3 is 10.6 Å². The van der Waals surface area contributed by atoms with Crippen LogP contribution in [0, 0.1) is 5.92 Å². The predicted octanol–water partition coefficient (Wildman–Crippen LogP) is 2.27. The summed E-state index contributed by atoms with van der Waals surface area (Å²) in [5.74, 6) is 0.512. The number of nitrogens with zero attached hydrogens (tertiary/aromatic N) is 1. The lowest BCUT2D eigenvalue weighted by Crippen LogP contribution is -2.28. The standard InChI is InChI=1S/C11H15ClN2OS/c1-7(9-2-3-10(12)16-9)14-6-8(5-13)4-11(14)15/h2-3,7-8H,4-6,13H2,1H3. The Morgan fingerprint density at radius 2 is 2.44 bits per heavy atom. The third-order valence-electron chi connectivity index (χ3n) is 3.05. The second-order valence-electron chi connectivity index (χ2n) is 4.17. The minimum absolute atomic E-state index is 0.113. The second-order valence-corrected chi connectivity index (χ2v) is 5.92. The maximum absolute atomic E-state index is 11.8. The molecule has 0 saturated carbocycles. The topological polar surface area (TPSA) is 46.3 Å². The van der Waals surface area contributed by atoms with Crippen LogP contribution in [-0.2, 0) is 4.79 Å². The van der Waals surface area contributed by atoms with E-state index in [2.05, 4.69) is 0 Å². The number of hydrogen-bond donors (Lipinski definition) is 1. The largest absolute Gasteiger partial charge is 0.335 e. The molecule has 1 aromatic rings. The Bertz CT molecular complexity index is 393. The third kappa shape index (κ3) is 2.24. The molecule has 1 saturated heterocycles. The normalized spacial score (nSPS) is 22.8. The molecule has 88 valence electrons. The Hall–Kier alpha value is -0.580. The molecule has 0 aliphatic carbocycles. The fourth-order valence-electron chi connectivity index (χ4n) is 2.05. The van der Waals surface area contributed by atoms with Crippen molar-refractivity contribution < 1.29 is 4.79 Å². The van der Waals surface area contributed by atoms with Gasteiger partial charge in [0.1, 0.15) is 0 Å². The van der Waals surface area contributed by atoms with Gasteiger partial charge in [-0.25, -0.2) is 0 Å². The van der Waals surface area contributed by atoms with Gasteiger partial charge in [-0.1, -0.05) is 11.6 Å². The molecule has 0 radical (unpaired) electrons. The third-order valence-corrected chi connectivity index (χ3v) is 4.45. The van der Waals surface area contributed by atoms with Gasteiger partial charge in [0, 0.05) is 17.8 Å². The SMILES string of the molecule is CC(c1ccc(Cl)s1)N1CC(CN)CC1=O. The Balaban J connectivity index is 2.10. The highest BCUT2D eigenvalue weighted by Gasteiger charge is 2.32. The molecule has 0 aromatic carbocycles. The van der Waals surface area contributed by atoms with Crippen molar-refractivity contribution in [2.45, 2.75) is 19.4 Å². The first-order valence-corrected chi connectivity index (χ1v) is 6.56. The van der Waals surface area contributed by atoms with Crippen LogP contribution in [0.25, 0.3) is 0 Å². The number of carbonyl (C=O) groups is 1. The maximum Gasteiger partial charge on any atom is 0.223 e. The van der Waals surface area contributed by atoms with Gasteiger partial charge in [-0.15, -0.1) is 11.3 Å². The zero-order chi connectivity index (χ0) is 11.7. The molecule has 1 aliphatic heterocycles. The van der Waals surface area contributed by atoms with E-state index in [0.717, 1.165) is 15.8 Å². The number of likely N-dealkylation sites (tertiary alicyclic amines) is 1. The number of carbonyl (C=O) groups excluding carboxylic acids is 1. The van der Waals surface area contributed by atoms with E-state index in [1.165, 1.54) is 11.3 Å². The van der Waals surface area contributed by atoms with Crippen molar-refractivity contribution in [3.05, 3.63) is 21.3 Å². The molecule has 3 nitrogen and oxygen atoms in total. The van der Waals surface area contributed by atoms with Crippen molar-refractivity contribution in [2.75, 3.05) is 13.1 Å². The second kappa shape index (κ2) is 4.73. The summed E-state index contributed by atoms with van der Waals surface area (Å²) in [5, 5.41) is 0. The fourth-order valence-corrected chi connectivity index (χ4v) is 3.17. The first-order chi connectivity index (χ1) is 7.61. The summed E-state index contributed by atoms with van der Waals surface area (Å²) >= 11 is 7.43. The van der Waals surface area contributed by atoms with Crippen LogP contribution >= 0.6 is 22.9 Å². The van der Waals surface area contributed by atoms with Crippen LogP contribution in [0.3, 0.4) is 0 Å². The quantitative estimate of drug-likeness (QED) is 0.904. The molecule has 2 N–H and O–H groups in total. The molecule has 2 rings (SSSR count). The number of nitrogens with two attached hydrogens (primary N) is 1. The lowest BCUT2D eigenvalue weighted by atomic mass is 10.1. The Kier molecular flexibility index (Phi) is 3.52. The lowest BCUT2D eigenvalue weighted by molar-refractivity contribution is -0.129. The summed E-state index contributed by atoms with van der Waals surface area (Å²) < 4.78 is 0.767. The van der Waals surface area contributed by atoms with E-state index in [0.29, 0.717) is 18.9 Å². The Morgan fingerprint density at radius 1 is 1.69 bits per heavy atom. The van der Waals surface area contributed by atoms with Crippen LogP contribution in [0.15, 0.2) is 12.1 Å². The average molecular weight is 259 g/mol. The van der Waals surface area contributed by atoms with Crippen LogP contribution in [0.5, 0.6) is 0 Å². The highest BCUT2D eigenvalue weighted by Crippen LogP contribution is 2.33. The van der Waals surface area contributed by atoms with E-state index < -0.39 is 0 Å². The number of rotatable bonds is 3. The Morgan fingerprint density at radius 3 is 2.94 bits per heavy atom. The van der Waals surface area contributed by atoms with Gasteiger partial charge in [-0.3, -0.25) is 4.79 Å². The van der Waals surface area contributed by atoms with E-state index in [4.69, 9.17) is 17.3 Å². The van der Waals surface area contributed by atoms with E-state index in [9.17, 15) is 4.79 Å². The summed E-state index contributed by atoms with van der Waals surface area (Å²) in [6, 6.07) is 3.97. The number of thiophene rings is 1. The van der Waals surface area contributed by atoms with Crippen molar-refractivity contribution in [1.29, 1.82) is 0 Å². The number of amides is 1. The first-order valence-electron chi connectivity index (χ1n) is 5.36. The van der Waals surface area contributed by atoms with Gasteiger partial charge in [0.2, 0.25) is 5.91 Å². The molecule has 2 unspecified atom stereocenters. The van der Waals surface area contributed by atoms with E-state index in [1.54, 1.807) is 0 Å². The molecule has 1 fully saturated rings. The molecule has 0 spiro atoms. The van der Waals surface area contributed by atoms with Gasteiger partial charge in [-0.2, -0.15) is 0 Å². The molecule has 2 heterocycles. The van der Waals surface area contributed by atoms with Crippen LogP contribution < -0.4 is 5.73 Å². The highest BCUT2D eigenvalue weighted by atomic mass is 35.5. The van der Waals surface area contributed by atoms with Crippen molar-refractivity contribution in [3.63, 3.8) is 0 Å². The van der Waals surface area contributed by atoms with Crippen LogP contribution in [0.1, 0.15) is 24.3 Å². The lowest BCUT2D eigenvalue weighted by Gasteiger charge is -2.23. The molecule has 5 heteroatoms. The molecule has 1 amide bonds. The average Bonchev–Trinajstić information content (AvgIpc) is 2.83. The van der Waals surface area contributed by atoms with Gasteiger partial charge in [0.25, 0.3) is 0 Å². The summed E-state index contributed by atoms with van der Waals surface area (Å²) in [6.07, 6.45) is 0.583. The highest BCUT2D eigenvalue weighted by molar-refractivity contribution is 7.16. The first kappa shape index (κ1) is 11.9. The van der Waals surface area contributed by atoms with E-state index >= 15 is 0 Å². The number of hydrogen-bond acceptors (Lipinski definition) is 3.